The van der Waals surface area contributed by atoms with Gasteiger partial charge in [-0.1, -0.05) is 12.1 Å². The van der Waals surface area contributed by atoms with Gasteiger partial charge in [0.2, 0.25) is 5.91 Å². The largest absolute Gasteiger partial charge is 0.497 e. The standard InChI is InChI=1S/C19H24N4O2/c1-14-20-9-8-17(21-14)12-22-10-11-23(15(2)24)19(13-22)16-4-6-18(25-3)7-5-16/h4-9,19H,10-13H2,1-3H3/t19-/m0/s1. The lowest BCUT2D eigenvalue weighted by atomic mass is 10.0. The molecule has 0 N–H and O–H groups in total. The molecule has 2 aromatic rings. The van der Waals surface area contributed by atoms with Gasteiger partial charge in [0.1, 0.15) is 11.6 Å². The molecular formula is C19H24N4O2. The number of hydrogen-bond donors (Lipinski definition) is 0. The molecule has 1 atom stereocenters. The average molecular weight is 340 g/mol. The van der Waals surface area contributed by atoms with E-state index in [1.807, 2.05) is 42.2 Å². The van der Waals surface area contributed by atoms with E-state index in [0.717, 1.165) is 49.0 Å². The lowest BCUT2D eigenvalue weighted by molar-refractivity contribution is -0.134. The summed E-state index contributed by atoms with van der Waals surface area (Å²) in [6.07, 6.45) is 1.80. The maximum absolute atomic E-state index is 12.1. The van der Waals surface area contributed by atoms with Crippen LogP contribution in [0.4, 0.5) is 0 Å². The molecule has 3 rings (SSSR count). The number of ether oxygens (including phenoxy) is 1. The van der Waals surface area contributed by atoms with Crippen molar-refractivity contribution in [1.82, 2.24) is 19.8 Å². The van der Waals surface area contributed by atoms with Crippen LogP contribution in [-0.2, 0) is 11.3 Å². The molecule has 25 heavy (non-hydrogen) atoms. The molecular weight excluding hydrogens is 316 g/mol. The number of nitrogens with zero attached hydrogens (tertiary/aromatic N) is 4. The van der Waals surface area contributed by atoms with Crippen LogP contribution < -0.4 is 4.74 Å². The van der Waals surface area contributed by atoms with E-state index in [0.29, 0.717) is 0 Å². The summed E-state index contributed by atoms with van der Waals surface area (Å²) in [5.74, 6) is 1.71. The van der Waals surface area contributed by atoms with Crippen LogP contribution in [-0.4, -0.2) is 52.4 Å². The molecule has 1 saturated heterocycles. The zero-order valence-electron chi connectivity index (χ0n) is 15.0. The SMILES string of the molecule is COc1ccc([C@@H]2CN(Cc3ccnc(C)n3)CCN2C(C)=O)cc1. The van der Waals surface area contributed by atoms with Crippen molar-refractivity contribution in [2.45, 2.75) is 26.4 Å². The number of aryl methyl sites for hydroxylation is 1. The third kappa shape index (κ3) is 4.14. The molecule has 0 bridgehead atoms. The van der Waals surface area contributed by atoms with Crippen molar-refractivity contribution in [3.8, 4) is 5.75 Å². The van der Waals surface area contributed by atoms with Crippen LogP contribution in [0.25, 0.3) is 0 Å². The normalized spacial score (nSPS) is 18.2. The first-order chi connectivity index (χ1) is 12.1. The zero-order chi connectivity index (χ0) is 17.8. The summed E-state index contributed by atoms with van der Waals surface area (Å²) in [6.45, 7) is 6.65. The van der Waals surface area contributed by atoms with Gasteiger partial charge in [0, 0.05) is 39.3 Å². The van der Waals surface area contributed by atoms with Crippen molar-refractivity contribution >= 4 is 5.91 Å². The minimum atomic E-state index is 0.0418. The van der Waals surface area contributed by atoms with Gasteiger partial charge in [-0.25, -0.2) is 9.97 Å². The first kappa shape index (κ1) is 17.4. The molecule has 1 fully saturated rings. The lowest BCUT2D eigenvalue weighted by Gasteiger charge is -2.41. The number of benzene rings is 1. The highest BCUT2D eigenvalue weighted by atomic mass is 16.5. The van der Waals surface area contributed by atoms with Crippen molar-refractivity contribution in [3.63, 3.8) is 0 Å². The van der Waals surface area contributed by atoms with Crippen molar-refractivity contribution < 1.29 is 9.53 Å². The van der Waals surface area contributed by atoms with E-state index >= 15 is 0 Å². The van der Waals surface area contributed by atoms with Crippen LogP contribution >= 0.6 is 0 Å². The highest BCUT2D eigenvalue weighted by Crippen LogP contribution is 2.27. The zero-order valence-corrected chi connectivity index (χ0v) is 15.0. The molecule has 0 radical (unpaired) electrons. The summed E-state index contributed by atoms with van der Waals surface area (Å²) in [5, 5.41) is 0. The number of amides is 1. The highest BCUT2D eigenvalue weighted by molar-refractivity contribution is 5.74. The van der Waals surface area contributed by atoms with Crippen molar-refractivity contribution in [3.05, 3.63) is 53.6 Å². The number of hydrogen-bond acceptors (Lipinski definition) is 5. The van der Waals surface area contributed by atoms with Crippen LogP contribution in [0.1, 0.15) is 30.0 Å². The van der Waals surface area contributed by atoms with E-state index in [9.17, 15) is 4.79 Å². The predicted octanol–water partition coefficient (Wildman–Crippen LogP) is 2.20. The summed E-state index contributed by atoms with van der Waals surface area (Å²) in [4.78, 5) is 25.0. The molecule has 0 aliphatic carbocycles. The summed E-state index contributed by atoms with van der Waals surface area (Å²) in [7, 11) is 1.66. The smallest absolute Gasteiger partial charge is 0.220 e. The van der Waals surface area contributed by atoms with Crippen LogP contribution in [0.5, 0.6) is 5.75 Å². The van der Waals surface area contributed by atoms with Gasteiger partial charge < -0.3 is 9.64 Å². The third-order valence-electron chi connectivity index (χ3n) is 4.59. The minimum Gasteiger partial charge on any atom is -0.497 e. The van der Waals surface area contributed by atoms with Gasteiger partial charge in [0.15, 0.2) is 0 Å². The van der Waals surface area contributed by atoms with E-state index in [4.69, 9.17) is 4.74 Å². The fraction of sp³-hybridized carbons (Fsp3) is 0.421. The summed E-state index contributed by atoms with van der Waals surface area (Å²) in [5.41, 5.74) is 2.14. The van der Waals surface area contributed by atoms with Gasteiger partial charge in [-0.2, -0.15) is 0 Å². The fourth-order valence-corrected chi connectivity index (χ4v) is 3.29. The fourth-order valence-electron chi connectivity index (χ4n) is 3.29. The Morgan fingerprint density at radius 2 is 2.00 bits per heavy atom. The van der Waals surface area contributed by atoms with Gasteiger partial charge in [-0.3, -0.25) is 9.69 Å². The topological polar surface area (TPSA) is 58.6 Å². The quantitative estimate of drug-likeness (QED) is 0.854. The predicted molar refractivity (Wildman–Crippen MR) is 95.2 cm³/mol. The second-order valence-corrected chi connectivity index (χ2v) is 6.33. The van der Waals surface area contributed by atoms with E-state index in [1.54, 1.807) is 20.2 Å². The first-order valence-corrected chi connectivity index (χ1v) is 8.49. The molecule has 0 spiro atoms. The van der Waals surface area contributed by atoms with E-state index in [-0.39, 0.29) is 11.9 Å². The Morgan fingerprint density at radius 3 is 2.64 bits per heavy atom. The Hall–Kier alpha value is -2.47. The van der Waals surface area contributed by atoms with Crippen LogP contribution in [0, 0.1) is 6.92 Å². The number of carbonyl (C=O) groups excluding carboxylic acids is 1. The van der Waals surface area contributed by atoms with Crippen LogP contribution in [0.3, 0.4) is 0 Å². The molecule has 1 amide bonds. The maximum atomic E-state index is 12.1. The molecule has 2 heterocycles. The Kier molecular flexibility index (Phi) is 5.28. The summed E-state index contributed by atoms with van der Waals surface area (Å²) in [6, 6.07) is 9.96. The second kappa shape index (κ2) is 7.61. The summed E-state index contributed by atoms with van der Waals surface area (Å²) >= 11 is 0. The molecule has 1 aromatic carbocycles. The van der Waals surface area contributed by atoms with Crippen LogP contribution in [0.15, 0.2) is 36.5 Å². The molecule has 6 heteroatoms. The lowest BCUT2D eigenvalue weighted by Crippen LogP contribution is -2.49. The number of piperazine rings is 1. The summed E-state index contributed by atoms with van der Waals surface area (Å²) < 4.78 is 5.24. The molecule has 6 nitrogen and oxygen atoms in total. The molecule has 132 valence electrons. The average Bonchev–Trinajstić information content (AvgIpc) is 2.61. The molecule has 1 aliphatic heterocycles. The molecule has 0 saturated carbocycles. The highest BCUT2D eigenvalue weighted by Gasteiger charge is 2.30. The second-order valence-electron chi connectivity index (χ2n) is 6.33. The van der Waals surface area contributed by atoms with E-state index in [2.05, 4.69) is 14.9 Å². The first-order valence-electron chi connectivity index (χ1n) is 8.49. The Bertz CT molecular complexity index is 732. The van der Waals surface area contributed by atoms with Crippen molar-refractivity contribution in [2.75, 3.05) is 26.7 Å². The van der Waals surface area contributed by atoms with Gasteiger partial charge in [0.25, 0.3) is 0 Å². The number of rotatable bonds is 4. The maximum Gasteiger partial charge on any atom is 0.220 e. The molecule has 0 unspecified atom stereocenters. The molecule has 1 aromatic heterocycles. The minimum absolute atomic E-state index is 0.0418. The van der Waals surface area contributed by atoms with Gasteiger partial charge in [-0.05, 0) is 30.7 Å². The number of methoxy groups -OCH3 is 1. The number of aromatic nitrogens is 2. The van der Waals surface area contributed by atoms with E-state index in [1.165, 1.54) is 0 Å². The Labute approximate surface area is 148 Å². The Balaban J connectivity index is 1.78. The third-order valence-corrected chi connectivity index (χ3v) is 4.59. The molecule has 1 aliphatic rings. The number of carbonyl (C=O) groups is 1. The van der Waals surface area contributed by atoms with Gasteiger partial charge in [0.05, 0.1) is 18.8 Å². The Morgan fingerprint density at radius 1 is 1.24 bits per heavy atom. The van der Waals surface area contributed by atoms with Gasteiger partial charge in [-0.15, -0.1) is 0 Å². The van der Waals surface area contributed by atoms with E-state index < -0.39 is 0 Å². The monoisotopic (exact) mass is 340 g/mol. The van der Waals surface area contributed by atoms with Crippen LogP contribution in [0.2, 0.25) is 0 Å². The van der Waals surface area contributed by atoms with Gasteiger partial charge >= 0.3 is 0 Å². The van der Waals surface area contributed by atoms with Crippen molar-refractivity contribution in [2.24, 2.45) is 0 Å². The van der Waals surface area contributed by atoms with Crippen molar-refractivity contribution in [1.29, 1.82) is 0 Å².